The highest BCUT2D eigenvalue weighted by Crippen LogP contribution is 2.24. The fourth-order valence-electron chi connectivity index (χ4n) is 1.37. The molecule has 0 unspecified atom stereocenters. The molecular weight excluding hydrogens is 156 g/mol. The second kappa shape index (κ2) is 3.90. The first-order chi connectivity index (χ1) is 5.65. The van der Waals surface area contributed by atoms with E-state index in [4.69, 9.17) is 9.84 Å². The lowest BCUT2D eigenvalue weighted by molar-refractivity contribution is -0.163. The van der Waals surface area contributed by atoms with Crippen LogP contribution in [0.5, 0.6) is 0 Å². The van der Waals surface area contributed by atoms with Gasteiger partial charge in [0.25, 0.3) is 0 Å². The molecule has 1 saturated heterocycles. The van der Waals surface area contributed by atoms with E-state index < -0.39 is 0 Å². The predicted octanol–water partition coefficient (Wildman–Crippen LogP) is 0.956. The molecule has 0 spiro atoms. The molecule has 0 aromatic rings. The minimum Gasteiger partial charge on any atom is -0.462 e. The highest BCUT2D eigenvalue weighted by Gasteiger charge is 2.29. The van der Waals surface area contributed by atoms with Gasteiger partial charge >= 0.3 is 5.97 Å². The number of carbonyl (C=O) groups is 1. The Labute approximate surface area is 72.7 Å². The maximum Gasteiger partial charge on any atom is 0.308 e. The van der Waals surface area contributed by atoms with E-state index in [1.54, 1.807) is 0 Å². The lowest BCUT2D eigenvalue weighted by atomic mass is 9.93. The lowest BCUT2D eigenvalue weighted by Crippen LogP contribution is -2.34. The summed E-state index contributed by atoms with van der Waals surface area (Å²) < 4.78 is 5.15. The molecule has 1 rings (SSSR count). The summed E-state index contributed by atoms with van der Waals surface area (Å²) in [5, 5.41) is 8.85. The number of cyclic esters (lactones) is 1. The highest BCUT2D eigenvalue weighted by atomic mass is 16.5. The van der Waals surface area contributed by atoms with Crippen molar-refractivity contribution >= 4 is 5.97 Å². The molecule has 3 nitrogen and oxygen atoms in total. The normalized spacial score (nSPS) is 32.8. The average Bonchev–Trinajstić information content (AvgIpc) is 2.08. The molecule has 1 aliphatic rings. The number of hydrogen-bond acceptors (Lipinski definition) is 3. The molecule has 0 bridgehead atoms. The van der Waals surface area contributed by atoms with Gasteiger partial charge in [-0.15, -0.1) is 0 Å². The Kier molecular flexibility index (Phi) is 3.09. The first-order valence-corrected chi connectivity index (χ1v) is 4.46. The van der Waals surface area contributed by atoms with E-state index in [1.165, 1.54) is 0 Å². The van der Waals surface area contributed by atoms with Gasteiger partial charge in [-0.05, 0) is 12.8 Å². The molecule has 0 aromatic carbocycles. The van der Waals surface area contributed by atoms with Crippen molar-refractivity contribution in [2.45, 2.75) is 32.8 Å². The van der Waals surface area contributed by atoms with Gasteiger partial charge in [0.2, 0.25) is 0 Å². The van der Waals surface area contributed by atoms with Crippen LogP contribution in [0.1, 0.15) is 26.7 Å². The van der Waals surface area contributed by atoms with Crippen LogP contribution in [0, 0.1) is 11.8 Å². The minimum atomic E-state index is -0.119. The smallest absolute Gasteiger partial charge is 0.308 e. The standard InChI is InChI=1S/C9H16O3/c1-6-3-4-8(7(2)5-10)12-9(6)11/h6-8,10H,3-5H2,1-2H3/t6-,7+,8-/m0/s1. The fourth-order valence-corrected chi connectivity index (χ4v) is 1.37. The van der Waals surface area contributed by atoms with E-state index in [2.05, 4.69) is 0 Å². The number of hydrogen-bond donors (Lipinski definition) is 1. The van der Waals surface area contributed by atoms with Gasteiger partial charge in [-0.2, -0.15) is 0 Å². The van der Waals surface area contributed by atoms with Crippen LogP contribution in [0.15, 0.2) is 0 Å². The Morgan fingerprint density at radius 1 is 1.67 bits per heavy atom. The third-order valence-electron chi connectivity index (χ3n) is 2.48. The average molecular weight is 172 g/mol. The molecule has 0 radical (unpaired) electrons. The van der Waals surface area contributed by atoms with Gasteiger partial charge in [0.05, 0.1) is 5.92 Å². The van der Waals surface area contributed by atoms with Crippen molar-refractivity contribution in [2.75, 3.05) is 6.61 Å². The van der Waals surface area contributed by atoms with Gasteiger partial charge in [-0.3, -0.25) is 4.79 Å². The van der Waals surface area contributed by atoms with Crippen LogP contribution in [0.4, 0.5) is 0 Å². The molecule has 0 saturated carbocycles. The second-order valence-electron chi connectivity index (χ2n) is 3.61. The minimum absolute atomic E-state index is 0.0344. The molecule has 1 fully saturated rings. The number of ether oxygens (including phenoxy) is 1. The maximum absolute atomic E-state index is 11.1. The van der Waals surface area contributed by atoms with Crippen LogP contribution in [0.3, 0.4) is 0 Å². The zero-order valence-corrected chi connectivity index (χ0v) is 7.62. The number of aliphatic hydroxyl groups excluding tert-OH is 1. The largest absolute Gasteiger partial charge is 0.462 e. The molecular formula is C9H16O3. The molecule has 0 amide bonds. The first kappa shape index (κ1) is 9.52. The summed E-state index contributed by atoms with van der Waals surface area (Å²) in [6, 6.07) is 0. The summed E-state index contributed by atoms with van der Waals surface area (Å²) in [4.78, 5) is 11.1. The van der Waals surface area contributed by atoms with Gasteiger partial charge in [0.15, 0.2) is 0 Å². The number of aliphatic hydroxyl groups is 1. The van der Waals surface area contributed by atoms with Crippen LogP contribution >= 0.6 is 0 Å². The fraction of sp³-hybridized carbons (Fsp3) is 0.889. The van der Waals surface area contributed by atoms with Crippen LogP contribution in [-0.2, 0) is 9.53 Å². The Morgan fingerprint density at radius 2 is 2.33 bits per heavy atom. The number of esters is 1. The molecule has 0 aliphatic carbocycles. The monoisotopic (exact) mass is 172 g/mol. The van der Waals surface area contributed by atoms with Crippen molar-refractivity contribution in [3.8, 4) is 0 Å². The Balaban J connectivity index is 2.45. The van der Waals surface area contributed by atoms with E-state index in [0.29, 0.717) is 0 Å². The summed E-state index contributed by atoms with van der Waals surface area (Å²) in [7, 11) is 0. The van der Waals surface area contributed by atoms with Crippen LogP contribution in [0.2, 0.25) is 0 Å². The van der Waals surface area contributed by atoms with E-state index in [9.17, 15) is 4.79 Å². The highest BCUT2D eigenvalue weighted by molar-refractivity contribution is 5.72. The quantitative estimate of drug-likeness (QED) is 0.631. The first-order valence-electron chi connectivity index (χ1n) is 4.46. The van der Waals surface area contributed by atoms with Gasteiger partial charge < -0.3 is 9.84 Å². The van der Waals surface area contributed by atoms with Crippen molar-refractivity contribution in [3.63, 3.8) is 0 Å². The van der Waals surface area contributed by atoms with Crippen molar-refractivity contribution in [1.29, 1.82) is 0 Å². The molecule has 1 N–H and O–H groups in total. The number of carbonyl (C=O) groups excluding carboxylic acids is 1. The molecule has 12 heavy (non-hydrogen) atoms. The zero-order valence-electron chi connectivity index (χ0n) is 7.62. The summed E-state index contributed by atoms with van der Waals surface area (Å²) in [6.45, 7) is 3.86. The zero-order chi connectivity index (χ0) is 9.14. The molecule has 0 aromatic heterocycles. The SMILES string of the molecule is C[C@H](CO)[C@@H]1CC[C@H](C)C(=O)O1. The maximum atomic E-state index is 11.1. The van der Waals surface area contributed by atoms with Crippen molar-refractivity contribution in [1.82, 2.24) is 0 Å². The van der Waals surface area contributed by atoms with Gasteiger partial charge in [-0.1, -0.05) is 13.8 Å². The van der Waals surface area contributed by atoms with Crippen molar-refractivity contribution in [2.24, 2.45) is 11.8 Å². The number of rotatable bonds is 2. The molecule has 70 valence electrons. The lowest BCUT2D eigenvalue weighted by Gasteiger charge is -2.29. The van der Waals surface area contributed by atoms with E-state index >= 15 is 0 Å². The van der Waals surface area contributed by atoms with Crippen molar-refractivity contribution in [3.05, 3.63) is 0 Å². The van der Waals surface area contributed by atoms with E-state index in [1.807, 2.05) is 13.8 Å². The van der Waals surface area contributed by atoms with E-state index in [0.717, 1.165) is 12.8 Å². The van der Waals surface area contributed by atoms with E-state index in [-0.39, 0.29) is 30.5 Å². The third-order valence-corrected chi connectivity index (χ3v) is 2.48. The topological polar surface area (TPSA) is 46.5 Å². The predicted molar refractivity (Wildman–Crippen MR) is 44.5 cm³/mol. The van der Waals surface area contributed by atoms with Crippen LogP contribution in [0.25, 0.3) is 0 Å². The summed E-state index contributed by atoms with van der Waals surface area (Å²) >= 11 is 0. The van der Waals surface area contributed by atoms with Crippen LogP contribution in [-0.4, -0.2) is 23.8 Å². The molecule has 3 atom stereocenters. The second-order valence-corrected chi connectivity index (χ2v) is 3.61. The van der Waals surface area contributed by atoms with Crippen LogP contribution < -0.4 is 0 Å². The molecule has 1 heterocycles. The summed E-state index contributed by atoms with van der Waals surface area (Å²) in [5.74, 6) is -0.0138. The van der Waals surface area contributed by atoms with Gasteiger partial charge in [-0.25, -0.2) is 0 Å². The van der Waals surface area contributed by atoms with Crippen molar-refractivity contribution < 1.29 is 14.6 Å². The third kappa shape index (κ3) is 1.97. The summed E-state index contributed by atoms with van der Waals surface area (Å²) in [5.41, 5.74) is 0. The van der Waals surface area contributed by atoms with Gasteiger partial charge in [0.1, 0.15) is 6.10 Å². The van der Waals surface area contributed by atoms with Gasteiger partial charge in [0, 0.05) is 12.5 Å². The summed E-state index contributed by atoms with van der Waals surface area (Å²) in [6.07, 6.45) is 1.70. The molecule has 3 heteroatoms. The Bertz CT molecular complexity index is 167. The molecule has 1 aliphatic heterocycles. The Hall–Kier alpha value is -0.570. The Morgan fingerprint density at radius 3 is 2.83 bits per heavy atom.